The summed E-state index contributed by atoms with van der Waals surface area (Å²) >= 11 is 0. The minimum Gasteiger partial charge on any atom is -0.462 e. The third-order valence-corrected chi connectivity index (χ3v) is 10.7. The molecule has 0 unspecified atom stereocenters. The highest BCUT2D eigenvalue weighted by Crippen LogP contribution is 2.63. The summed E-state index contributed by atoms with van der Waals surface area (Å²) in [6.07, 6.45) is 19.3. The molecule has 4 aliphatic rings. The third-order valence-electron chi connectivity index (χ3n) is 10.7. The van der Waals surface area contributed by atoms with Crippen molar-refractivity contribution in [2.24, 2.45) is 23.2 Å². The Morgan fingerprint density at radius 1 is 1.00 bits per heavy atom. The van der Waals surface area contributed by atoms with E-state index in [0.717, 1.165) is 51.4 Å². The van der Waals surface area contributed by atoms with Crippen LogP contribution in [-0.4, -0.2) is 41.8 Å². The monoisotopic (exact) mass is 539 g/mol. The smallest absolute Gasteiger partial charge is 0.302 e. The van der Waals surface area contributed by atoms with E-state index in [-0.39, 0.29) is 29.4 Å². The summed E-state index contributed by atoms with van der Waals surface area (Å²) in [5.41, 5.74) is 4.63. The van der Waals surface area contributed by atoms with Gasteiger partial charge in [-0.2, -0.15) is 0 Å². The molecule has 5 nitrogen and oxygen atoms in total. The normalized spacial score (nSPS) is 30.0. The Kier molecular flexibility index (Phi) is 10.1. The summed E-state index contributed by atoms with van der Waals surface area (Å²) in [5, 5.41) is 0. The lowest BCUT2D eigenvalue weighted by Gasteiger charge is -2.52. The number of carbonyl (C=O) groups excluding carboxylic acids is 3. The van der Waals surface area contributed by atoms with Crippen molar-refractivity contribution in [2.45, 2.75) is 143 Å². The van der Waals surface area contributed by atoms with Crippen LogP contribution in [0.1, 0.15) is 130 Å². The molecule has 5 heteroatoms. The van der Waals surface area contributed by atoms with Crippen LogP contribution >= 0.6 is 0 Å². The van der Waals surface area contributed by atoms with Crippen molar-refractivity contribution in [3.05, 3.63) is 22.8 Å². The molecule has 0 radical (unpaired) electrons. The Bertz CT molecular complexity index is 978. The minimum atomic E-state index is -0.140. The maximum atomic E-state index is 12.2. The second-order valence-corrected chi connectivity index (χ2v) is 13.5. The molecule has 0 spiro atoms. The first-order valence-corrected chi connectivity index (χ1v) is 16.0. The van der Waals surface area contributed by atoms with Crippen LogP contribution in [0, 0.1) is 23.2 Å². The molecule has 0 aromatic rings. The number of carbonyl (C=O) groups is 3. The molecular formula is C34H53NO4. The predicted molar refractivity (Wildman–Crippen MR) is 156 cm³/mol. The van der Waals surface area contributed by atoms with Gasteiger partial charge in [-0.1, -0.05) is 51.0 Å². The maximum Gasteiger partial charge on any atom is 0.302 e. The number of unbranched alkanes of at least 4 members (excludes halogenated alkanes) is 6. The minimum absolute atomic E-state index is 0.0473. The van der Waals surface area contributed by atoms with Crippen LogP contribution < -0.4 is 0 Å². The zero-order valence-electron chi connectivity index (χ0n) is 25.4. The van der Waals surface area contributed by atoms with E-state index < -0.39 is 0 Å². The van der Waals surface area contributed by atoms with E-state index in [1.807, 2.05) is 18.0 Å². The molecule has 0 heterocycles. The van der Waals surface area contributed by atoms with Crippen molar-refractivity contribution in [3.63, 3.8) is 0 Å². The molecule has 0 aromatic heterocycles. The standard InChI is InChI=1S/C34H53NO4/c1-23(2)35(5)32(38)14-12-10-8-6-7-9-11-13-26-22-34(4)30(19-20-31(34)39-24(3)36)29-17-15-25-21-27(37)16-18-28(25)33(26)29/h21,23,26,29-31H,6-20,22H2,1-5H3/t26-,29-,30-,31-,34-/m0/s1. The van der Waals surface area contributed by atoms with Crippen LogP contribution in [0.2, 0.25) is 0 Å². The highest BCUT2D eigenvalue weighted by atomic mass is 16.5. The molecule has 0 aliphatic heterocycles. The Hall–Kier alpha value is -1.91. The van der Waals surface area contributed by atoms with Crippen molar-refractivity contribution in [1.29, 1.82) is 0 Å². The number of esters is 1. The fraction of sp³-hybridized carbons (Fsp3) is 0.794. The van der Waals surface area contributed by atoms with E-state index in [9.17, 15) is 14.4 Å². The number of hydrogen-bond donors (Lipinski definition) is 0. The number of ketones is 1. The lowest BCUT2D eigenvalue weighted by molar-refractivity contribution is -0.154. The molecular weight excluding hydrogens is 486 g/mol. The van der Waals surface area contributed by atoms with Crippen molar-refractivity contribution < 1.29 is 19.1 Å². The summed E-state index contributed by atoms with van der Waals surface area (Å²) in [5.74, 6) is 2.15. The molecule has 5 atom stereocenters. The summed E-state index contributed by atoms with van der Waals surface area (Å²) in [4.78, 5) is 38.1. The largest absolute Gasteiger partial charge is 0.462 e. The second-order valence-electron chi connectivity index (χ2n) is 13.5. The zero-order chi connectivity index (χ0) is 28.2. The van der Waals surface area contributed by atoms with Crippen molar-refractivity contribution in [3.8, 4) is 0 Å². The molecule has 2 fully saturated rings. The number of rotatable bonds is 12. The molecule has 4 rings (SSSR count). The van der Waals surface area contributed by atoms with Crippen LogP contribution in [-0.2, 0) is 19.1 Å². The van der Waals surface area contributed by atoms with Crippen molar-refractivity contribution >= 4 is 17.7 Å². The van der Waals surface area contributed by atoms with Gasteiger partial charge in [0, 0.05) is 38.3 Å². The van der Waals surface area contributed by atoms with Gasteiger partial charge in [-0.3, -0.25) is 14.4 Å². The molecule has 39 heavy (non-hydrogen) atoms. The Morgan fingerprint density at radius 2 is 1.69 bits per heavy atom. The third kappa shape index (κ3) is 6.88. The number of allylic oxidation sites excluding steroid dienone is 4. The van der Waals surface area contributed by atoms with Crippen LogP contribution in [0.3, 0.4) is 0 Å². The molecule has 4 aliphatic carbocycles. The predicted octanol–water partition coefficient (Wildman–Crippen LogP) is 7.73. The first kappa shape index (κ1) is 30.1. The van der Waals surface area contributed by atoms with Crippen LogP contribution in [0.5, 0.6) is 0 Å². The van der Waals surface area contributed by atoms with Gasteiger partial charge < -0.3 is 9.64 Å². The number of hydrogen-bond acceptors (Lipinski definition) is 4. The van der Waals surface area contributed by atoms with Crippen LogP contribution in [0.4, 0.5) is 0 Å². The number of nitrogens with zero attached hydrogens (tertiary/aromatic N) is 1. The molecule has 0 saturated heterocycles. The van der Waals surface area contributed by atoms with Gasteiger partial charge >= 0.3 is 5.97 Å². The van der Waals surface area contributed by atoms with E-state index in [2.05, 4.69) is 20.8 Å². The van der Waals surface area contributed by atoms with Gasteiger partial charge in [0.25, 0.3) is 0 Å². The average Bonchev–Trinajstić information content (AvgIpc) is 3.21. The second kappa shape index (κ2) is 13.2. The van der Waals surface area contributed by atoms with E-state index in [1.165, 1.54) is 49.7 Å². The lowest BCUT2D eigenvalue weighted by Crippen LogP contribution is -2.46. The van der Waals surface area contributed by atoms with E-state index in [4.69, 9.17) is 4.74 Å². The van der Waals surface area contributed by atoms with Gasteiger partial charge in [0.1, 0.15) is 6.10 Å². The molecule has 0 bridgehead atoms. The van der Waals surface area contributed by atoms with Gasteiger partial charge in [0.05, 0.1) is 0 Å². The fourth-order valence-electron chi connectivity index (χ4n) is 8.45. The van der Waals surface area contributed by atoms with Gasteiger partial charge in [0.15, 0.2) is 5.78 Å². The Morgan fingerprint density at radius 3 is 2.38 bits per heavy atom. The quantitative estimate of drug-likeness (QED) is 0.188. The fourth-order valence-corrected chi connectivity index (χ4v) is 8.45. The van der Waals surface area contributed by atoms with Crippen molar-refractivity contribution in [2.75, 3.05) is 7.05 Å². The molecule has 2 saturated carbocycles. The molecule has 0 aromatic carbocycles. The summed E-state index contributed by atoms with van der Waals surface area (Å²) < 4.78 is 5.93. The highest BCUT2D eigenvalue weighted by Gasteiger charge is 2.57. The summed E-state index contributed by atoms with van der Waals surface area (Å²) in [7, 11) is 1.90. The first-order chi connectivity index (χ1) is 18.6. The number of ether oxygens (including phenoxy) is 1. The SMILES string of the molecule is CC(=O)O[C@H]1CC[C@H]2[C@@H]3CCC4=CC(=O)CCC4=C3[C@@H](CCCCCCCCCC(=O)N(C)C(C)C)C[C@]12C. The van der Waals surface area contributed by atoms with Gasteiger partial charge in [-0.15, -0.1) is 0 Å². The Labute approximate surface area is 237 Å². The van der Waals surface area contributed by atoms with Crippen LogP contribution in [0.15, 0.2) is 22.8 Å². The van der Waals surface area contributed by atoms with Gasteiger partial charge in [-0.25, -0.2) is 0 Å². The zero-order valence-corrected chi connectivity index (χ0v) is 25.4. The van der Waals surface area contributed by atoms with E-state index in [1.54, 1.807) is 12.5 Å². The number of fused-ring (bicyclic) bond motifs is 4. The maximum absolute atomic E-state index is 12.2. The topological polar surface area (TPSA) is 63.7 Å². The van der Waals surface area contributed by atoms with Gasteiger partial charge in [-0.05, 0) is 100 Å². The highest BCUT2D eigenvalue weighted by molar-refractivity contribution is 5.93. The van der Waals surface area contributed by atoms with Crippen molar-refractivity contribution in [1.82, 2.24) is 4.90 Å². The molecule has 1 amide bonds. The molecule has 218 valence electrons. The summed E-state index contributed by atoms with van der Waals surface area (Å²) in [6.45, 7) is 8.09. The summed E-state index contributed by atoms with van der Waals surface area (Å²) in [6, 6.07) is 0.278. The Balaban J connectivity index is 1.32. The van der Waals surface area contributed by atoms with Crippen LogP contribution in [0.25, 0.3) is 0 Å². The van der Waals surface area contributed by atoms with Gasteiger partial charge in [0.2, 0.25) is 5.91 Å². The first-order valence-electron chi connectivity index (χ1n) is 16.0. The van der Waals surface area contributed by atoms with E-state index in [0.29, 0.717) is 36.4 Å². The lowest BCUT2D eigenvalue weighted by atomic mass is 9.53. The number of amides is 1. The van der Waals surface area contributed by atoms with E-state index >= 15 is 0 Å². The molecule has 0 N–H and O–H groups in total. The average molecular weight is 540 g/mol.